The van der Waals surface area contributed by atoms with E-state index in [-0.39, 0.29) is 11.0 Å². The lowest BCUT2D eigenvalue weighted by Crippen LogP contribution is -2.67. The Balaban J connectivity index is 2.37. The van der Waals surface area contributed by atoms with Gasteiger partial charge in [0.05, 0.1) is 5.41 Å². The Morgan fingerprint density at radius 3 is 1.88 bits per heavy atom. The molecule has 92 valence electrons. The smallest absolute Gasteiger partial charge is 0.229 e. The van der Waals surface area contributed by atoms with Crippen molar-refractivity contribution in [2.24, 2.45) is 17.3 Å². The number of fused-ring (bicyclic) bond motifs is 3. The highest BCUT2D eigenvalue weighted by Gasteiger charge is 2.59. The molecule has 0 atom stereocenters. The van der Waals surface area contributed by atoms with Gasteiger partial charge in [0.1, 0.15) is 0 Å². The molecule has 2 aliphatic heterocycles. The number of hydrogen-bond donors (Lipinski definition) is 0. The molecule has 3 rings (SSSR count). The van der Waals surface area contributed by atoms with Crippen LogP contribution in [0, 0.1) is 17.3 Å². The first-order valence-corrected chi connectivity index (χ1v) is 6.65. The van der Waals surface area contributed by atoms with Crippen molar-refractivity contribution in [1.82, 2.24) is 4.90 Å². The number of carbonyl (C=O) groups is 1. The maximum absolute atomic E-state index is 12.6. The zero-order valence-electron chi connectivity index (χ0n) is 11.3. The molecule has 0 aromatic heterocycles. The van der Waals surface area contributed by atoms with E-state index in [0.29, 0.717) is 17.7 Å². The Morgan fingerprint density at radius 1 is 1.00 bits per heavy atom. The van der Waals surface area contributed by atoms with E-state index in [1.165, 1.54) is 12.8 Å². The van der Waals surface area contributed by atoms with Crippen LogP contribution in [0.15, 0.2) is 0 Å². The summed E-state index contributed by atoms with van der Waals surface area (Å²) >= 11 is 0. The summed E-state index contributed by atoms with van der Waals surface area (Å²) in [5.74, 6) is 1.47. The van der Waals surface area contributed by atoms with Crippen LogP contribution in [0.1, 0.15) is 53.4 Å². The summed E-state index contributed by atoms with van der Waals surface area (Å²) in [6.45, 7) is 8.94. The summed E-state index contributed by atoms with van der Waals surface area (Å²) in [5, 5.41) is 0. The minimum atomic E-state index is -0.0363. The van der Waals surface area contributed by atoms with Gasteiger partial charge in [0.15, 0.2) is 0 Å². The summed E-state index contributed by atoms with van der Waals surface area (Å²) in [6, 6.07) is 0. The molecule has 3 fully saturated rings. The van der Waals surface area contributed by atoms with Crippen molar-refractivity contribution in [2.75, 3.05) is 7.05 Å². The number of carbonyl (C=O) groups excluding carboxylic acids is 1. The van der Waals surface area contributed by atoms with Gasteiger partial charge in [-0.3, -0.25) is 4.79 Å². The van der Waals surface area contributed by atoms with Crippen LogP contribution < -0.4 is 0 Å². The molecule has 0 N–H and O–H groups in total. The monoisotopic (exact) mass is 223 g/mol. The Hall–Kier alpha value is -0.530. The maximum Gasteiger partial charge on any atom is 0.229 e. The van der Waals surface area contributed by atoms with E-state index in [2.05, 4.69) is 32.6 Å². The molecular formula is C14H25NO. The average Bonchev–Trinajstić information content (AvgIpc) is 2.25. The molecule has 16 heavy (non-hydrogen) atoms. The van der Waals surface area contributed by atoms with Gasteiger partial charge in [-0.15, -0.1) is 0 Å². The van der Waals surface area contributed by atoms with Gasteiger partial charge in [0, 0.05) is 12.6 Å². The Labute approximate surface area is 99.4 Å². The second kappa shape index (κ2) is 3.48. The van der Waals surface area contributed by atoms with Crippen LogP contribution in [0.3, 0.4) is 0 Å². The predicted octanol–water partition coefficient (Wildman–Crippen LogP) is 3.07. The second-order valence-corrected chi connectivity index (χ2v) is 6.43. The van der Waals surface area contributed by atoms with Crippen LogP contribution in [0.25, 0.3) is 0 Å². The van der Waals surface area contributed by atoms with Gasteiger partial charge in [-0.1, -0.05) is 27.7 Å². The molecule has 0 spiro atoms. The third kappa shape index (κ3) is 1.22. The zero-order chi connectivity index (χ0) is 12.1. The van der Waals surface area contributed by atoms with Crippen LogP contribution in [0.5, 0.6) is 0 Å². The van der Waals surface area contributed by atoms with Crippen molar-refractivity contribution < 1.29 is 4.79 Å². The number of nitrogens with zero attached hydrogens (tertiary/aromatic N) is 1. The molecule has 1 aliphatic carbocycles. The Kier molecular flexibility index (Phi) is 2.60. The number of amides is 1. The van der Waals surface area contributed by atoms with Gasteiger partial charge >= 0.3 is 0 Å². The minimum absolute atomic E-state index is 0.0363. The zero-order valence-corrected chi connectivity index (χ0v) is 11.3. The lowest BCUT2D eigenvalue weighted by atomic mass is 9.55. The van der Waals surface area contributed by atoms with Crippen molar-refractivity contribution >= 4 is 5.91 Å². The Morgan fingerprint density at radius 2 is 1.50 bits per heavy atom. The maximum atomic E-state index is 12.6. The number of hydrogen-bond acceptors (Lipinski definition) is 1. The summed E-state index contributed by atoms with van der Waals surface area (Å²) in [6.07, 6.45) is 4.61. The molecule has 0 aromatic rings. The van der Waals surface area contributed by atoms with Crippen LogP contribution in [-0.4, -0.2) is 23.4 Å². The van der Waals surface area contributed by atoms with Crippen molar-refractivity contribution in [2.45, 2.75) is 58.9 Å². The summed E-state index contributed by atoms with van der Waals surface area (Å²) in [7, 11) is 2.03. The van der Waals surface area contributed by atoms with Gasteiger partial charge in [-0.25, -0.2) is 0 Å². The van der Waals surface area contributed by atoms with E-state index in [1.807, 2.05) is 7.05 Å². The van der Waals surface area contributed by atoms with E-state index in [9.17, 15) is 4.79 Å². The van der Waals surface area contributed by atoms with Crippen molar-refractivity contribution in [3.8, 4) is 0 Å². The van der Waals surface area contributed by atoms with Crippen LogP contribution in [0.2, 0.25) is 0 Å². The van der Waals surface area contributed by atoms with Gasteiger partial charge in [-0.2, -0.15) is 0 Å². The second-order valence-electron chi connectivity index (χ2n) is 6.43. The van der Waals surface area contributed by atoms with E-state index < -0.39 is 0 Å². The molecule has 3 aliphatic rings. The third-order valence-corrected chi connectivity index (χ3v) is 5.59. The quantitative estimate of drug-likeness (QED) is 0.704. The predicted molar refractivity (Wildman–Crippen MR) is 66.1 cm³/mol. The molecule has 2 saturated heterocycles. The van der Waals surface area contributed by atoms with E-state index in [0.717, 1.165) is 12.8 Å². The summed E-state index contributed by atoms with van der Waals surface area (Å²) in [5.41, 5.74) is 0.124. The highest BCUT2D eigenvalue weighted by Crippen LogP contribution is 2.56. The SMILES string of the molecule is CC(C)C12CCC(C(C)C)(CC1)N(C)C2=O. The molecule has 0 aromatic carbocycles. The van der Waals surface area contributed by atoms with Crippen LogP contribution in [-0.2, 0) is 4.79 Å². The van der Waals surface area contributed by atoms with Crippen LogP contribution in [0.4, 0.5) is 0 Å². The summed E-state index contributed by atoms with van der Waals surface area (Å²) in [4.78, 5) is 14.7. The topological polar surface area (TPSA) is 20.3 Å². The minimum Gasteiger partial charge on any atom is -0.339 e. The number of piperidine rings is 2. The first kappa shape index (κ1) is 11.9. The molecule has 0 unspecified atom stereocenters. The summed E-state index contributed by atoms with van der Waals surface area (Å²) < 4.78 is 0. The van der Waals surface area contributed by atoms with E-state index in [4.69, 9.17) is 0 Å². The molecule has 0 radical (unpaired) electrons. The normalized spacial score (nSPS) is 38.9. The van der Waals surface area contributed by atoms with Gasteiger partial charge in [0.2, 0.25) is 5.91 Å². The largest absolute Gasteiger partial charge is 0.339 e. The molecule has 1 amide bonds. The van der Waals surface area contributed by atoms with Crippen LogP contribution >= 0.6 is 0 Å². The molecule has 2 bridgehead atoms. The molecule has 2 heteroatoms. The third-order valence-electron chi connectivity index (χ3n) is 5.59. The fraction of sp³-hybridized carbons (Fsp3) is 0.929. The van der Waals surface area contributed by atoms with E-state index >= 15 is 0 Å². The lowest BCUT2D eigenvalue weighted by molar-refractivity contribution is -0.175. The van der Waals surface area contributed by atoms with Gasteiger partial charge in [0.25, 0.3) is 0 Å². The number of rotatable bonds is 2. The molecule has 2 heterocycles. The fourth-order valence-electron chi connectivity index (χ4n) is 4.00. The van der Waals surface area contributed by atoms with Crippen molar-refractivity contribution in [3.63, 3.8) is 0 Å². The molecular weight excluding hydrogens is 198 g/mol. The van der Waals surface area contributed by atoms with Crippen molar-refractivity contribution in [1.29, 1.82) is 0 Å². The first-order valence-electron chi connectivity index (χ1n) is 6.65. The standard InChI is InChI=1S/C14H25NO/c1-10(2)13-6-8-14(9-7-13,11(3)4)15(5)12(13)16/h10-11H,6-9H2,1-5H3. The Bertz CT molecular complexity index is 298. The fourth-order valence-corrected chi connectivity index (χ4v) is 4.00. The highest BCUT2D eigenvalue weighted by atomic mass is 16.2. The molecule has 2 nitrogen and oxygen atoms in total. The van der Waals surface area contributed by atoms with Gasteiger partial charge in [-0.05, 0) is 37.5 Å². The highest BCUT2D eigenvalue weighted by molar-refractivity contribution is 5.85. The van der Waals surface area contributed by atoms with Crippen molar-refractivity contribution in [3.05, 3.63) is 0 Å². The molecule has 1 saturated carbocycles. The first-order chi connectivity index (χ1) is 7.37. The van der Waals surface area contributed by atoms with Gasteiger partial charge < -0.3 is 4.90 Å². The van der Waals surface area contributed by atoms with E-state index in [1.54, 1.807) is 0 Å². The average molecular weight is 223 g/mol. The lowest BCUT2D eigenvalue weighted by Gasteiger charge is -2.61.